The molecule has 1 aromatic carbocycles. The van der Waals surface area contributed by atoms with Gasteiger partial charge in [-0.05, 0) is 55.4 Å². The van der Waals surface area contributed by atoms with E-state index < -0.39 is 6.17 Å². The molecule has 6 heteroatoms. The summed E-state index contributed by atoms with van der Waals surface area (Å²) in [5.74, 6) is -0.309. The number of hydrogen-bond donors (Lipinski definition) is 4. The zero-order valence-corrected chi connectivity index (χ0v) is 12.8. The third-order valence-electron chi connectivity index (χ3n) is 4.48. The summed E-state index contributed by atoms with van der Waals surface area (Å²) in [5, 5.41) is 11.9. The van der Waals surface area contributed by atoms with Crippen molar-refractivity contribution in [3.05, 3.63) is 35.1 Å². The van der Waals surface area contributed by atoms with Crippen molar-refractivity contribution in [1.29, 1.82) is 0 Å². The average Bonchev–Trinajstić information content (AvgIpc) is 2.66. The Morgan fingerprint density at radius 1 is 1.55 bits per heavy atom. The molecule has 1 aliphatic heterocycles. The molecule has 1 aliphatic rings. The van der Waals surface area contributed by atoms with E-state index in [1.54, 1.807) is 6.07 Å². The Labute approximate surface area is 130 Å². The van der Waals surface area contributed by atoms with Crippen molar-refractivity contribution in [2.24, 2.45) is 11.7 Å². The van der Waals surface area contributed by atoms with Crippen molar-refractivity contribution < 1.29 is 14.4 Å². The third kappa shape index (κ3) is 4.03. The van der Waals surface area contributed by atoms with Gasteiger partial charge in [-0.15, -0.1) is 0 Å². The molecule has 5 nitrogen and oxygen atoms in total. The number of benzene rings is 1. The molecule has 0 radical (unpaired) electrons. The number of hydroxylamine groups is 1. The highest BCUT2D eigenvalue weighted by Crippen LogP contribution is 2.22. The first-order chi connectivity index (χ1) is 10.5. The van der Waals surface area contributed by atoms with Crippen molar-refractivity contribution in [2.75, 3.05) is 0 Å². The SMILES string of the molecule is CCC(CCC1CCc2cc(F)ccc2C(=O)N1)C(N)NO. The minimum atomic E-state index is -0.460. The van der Waals surface area contributed by atoms with Crippen LogP contribution in [0.2, 0.25) is 0 Å². The smallest absolute Gasteiger partial charge is 0.251 e. The maximum absolute atomic E-state index is 13.3. The van der Waals surface area contributed by atoms with Gasteiger partial charge in [0.2, 0.25) is 0 Å². The van der Waals surface area contributed by atoms with Crippen molar-refractivity contribution in [3.63, 3.8) is 0 Å². The van der Waals surface area contributed by atoms with Crippen LogP contribution in [0, 0.1) is 11.7 Å². The summed E-state index contributed by atoms with van der Waals surface area (Å²) >= 11 is 0. The Hall–Kier alpha value is -1.50. The first kappa shape index (κ1) is 16.9. The Morgan fingerprint density at radius 2 is 2.32 bits per heavy atom. The van der Waals surface area contributed by atoms with E-state index in [1.165, 1.54) is 12.1 Å². The summed E-state index contributed by atoms with van der Waals surface area (Å²) in [6, 6.07) is 4.35. The van der Waals surface area contributed by atoms with E-state index in [1.807, 2.05) is 6.92 Å². The Kier molecular flexibility index (Phi) is 5.88. The molecule has 1 heterocycles. The fraction of sp³-hybridized carbons (Fsp3) is 0.562. The van der Waals surface area contributed by atoms with E-state index in [2.05, 4.69) is 10.8 Å². The predicted molar refractivity (Wildman–Crippen MR) is 81.9 cm³/mol. The number of carbonyl (C=O) groups is 1. The van der Waals surface area contributed by atoms with Gasteiger partial charge in [0.1, 0.15) is 5.82 Å². The van der Waals surface area contributed by atoms with Crippen molar-refractivity contribution in [3.8, 4) is 0 Å². The molecule has 1 aromatic rings. The first-order valence-corrected chi connectivity index (χ1v) is 7.79. The van der Waals surface area contributed by atoms with Gasteiger partial charge in [0, 0.05) is 11.6 Å². The summed E-state index contributed by atoms with van der Waals surface area (Å²) in [6.07, 6.45) is 3.44. The molecule has 5 N–H and O–H groups in total. The van der Waals surface area contributed by atoms with E-state index in [9.17, 15) is 9.18 Å². The third-order valence-corrected chi connectivity index (χ3v) is 4.48. The van der Waals surface area contributed by atoms with E-state index >= 15 is 0 Å². The van der Waals surface area contributed by atoms with Crippen LogP contribution in [-0.2, 0) is 6.42 Å². The summed E-state index contributed by atoms with van der Waals surface area (Å²) < 4.78 is 13.3. The van der Waals surface area contributed by atoms with Crippen LogP contribution in [0.5, 0.6) is 0 Å². The number of hydrogen-bond acceptors (Lipinski definition) is 4. The number of aryl methyl sites for hydroxylation is 1. The lowest BCUT2D eigenvalue weighted by Gasteiger charge is -2.23. The summed E-state index contributed by atoms with van der Waals surface area (Å²) in [7, 11) is 0. The largest absolute Gasteiger partial charge is 0.349 e. The van der Waals surface area contributed by atoms with Gasteiger partial charge in [0.05, 0.1) is 6.17 Å². The highest BCUT2D eigenvalue weighted by atomic mass is 19.1. The van der Waals surface area contributed by atoms with Crippen LogP contribution in [0.4, 0.5) is 4.39 Å². The number of nitrogens with one attached hydrogen (secondary N) is 2. The van der Waals surface area contributed by atoms with Gasteiger partial charge in [-0.2, -0.15) is 5.48 Å². The summed E-state index contributed by atoms with van der Waals surface area (Å²) in [4.78, 5) is 12.2. The van der Waals surface area contributed by atoms with Crippen LogP contribution in [0.3, 0.4) is 0 Å². The van der Waals surface area contributed by atoms with E-state index in [0.29, 0.717) is 12.0 Å². The monoisotopic (exact) mass is 309 g/mol. The van der Waals surface area contributed by atoms with Crippen molar-refractivity contribution in [2.45, 2.75) is 51.2 Å². The second-order valence-corrected chi connectivity index (χ2v) is 5.91. The lowest BCUT2D eigenvalue weighted by molar-refractivity contribution is 0.0895. The number of carbonyl (C=O) groups excluding carboxylic acids is 1. The summed E-state index contributed by atoms with van der Waals surface area (Å²) in [5.41, 5.74) is 9.22. The zero-order valence-electron chi connectivity index (χ0n) is 12.8. The van der Waals surface area contributed by atoms with Crippen LogP contribution >= 0.6 is 0 Å². The van der Waals surface area contributed by atoms with Crippen LogP contribution in [0.25, 0.3) is 0 Å². The van der Waals surface area contributed by atoms with Crippen LogP contribution in [0.1, 0.15) is 48.5 Å². The van der Waals surface area contributed by atoms with E-state index in [-0.39, 0.29) is 23.7 Å². The first-order valence-electron chi connectivity index (χ1n) is 7.79. The standard InChI is InChI=1S/C16H24FN3O2/c1-2-10(15(18)20-22)3-6-13-7-4-11-9-12(17)5-8-14(11)16(21)19-13/h5,8-10,13,15,20,22H,2-4,6-7,18H2,1H3,(H,19,21). The maximum Gasteiger partial charge on any atom is 0.251 e. The number of amides is 1. The second-order valence-electron chi connectivity index (χ2n) is 5.91. The lowest BCUT2D eigenvalue weighted by Crippen LogP contribution is -2.42. The quantitative estimate of drug-likeness (QED) is 0.478. The lowest BCUT2D eigenvalue weighted by atomic mass is 9.93. The van der Waals surface area contributed by atoms with E-state index in [0.717, 1.165) is 31.2 Å². The fourth-order valence-corrected chi connectivity index (χ4v) is 3.03. The normalized spacial score (nSPS) is 20.7. The topological polar surface area (TPSA) is 87.4 Å². The fourth-order valence-electron chi connectivity index (χ4n) is 3.03. The molecule has 122 valence electrons. The molecular formula is C16H24FN3O2. The van der Waals surface area contributed by atoms with Gasteiger partial charge in [-0.1, -0.05) is 13.3 Å². The number of fused-ring (bicyclic) bond motifs is 1. The Bertz CT molecular complexity index is 524. The van der Waals surface area contributed by atoms with Crippen LogP contribution in [0.15, 0.2) is 18.2 Å². The Balaban J connectivity index is 1.97. The van der Waals surface area contributed by atoms with Gasteiger partial charge in [0.15, 0.2) is 0 Å². The van der Waals surface area contributed by atoms with Gasteiger partial charge < -0.3 is 16.3 Å². The Morgan fingerprint density at radius 3 is 3.00 bits per heavy atom. The minimum absolute atomic E-state index is 0.0444. The minimum Gasteiger partial charge on any atom is -0.349 e. The molecule has 2 rings (SSSR count). The highest BCUT2D eigenvalue weighted by Gasteiger charge is 2.23. The molecule has 0 bridgehead atoms. The predicted octanol–water partition coefficient (Wildman–Crippen LogP) is 1.94. The second kappa shape index (κ2) is 7.67. The van der Waals surface area contributed by atoms with Gasteiger partial charge in [-0.25, -0.2) is 4.39 Å². The van der Waals surface area contributed by atoms with E-state index in [4.69, 9.17) is 10.9 Å². The van der Waals surface area contributed by atoms with Crippen LogP contribution < -0.4 is 16.5 Å². The molecule has 0 aromatic heterocycles. The molecule has 0 saturated heterocycles. The number of nitrogens with two attached hydrogens (primary N) is 1. The molecule has 1 amide bonds. The average molecular weight is 309 g/mol. The molecule has 3 unspecified atom stereocenters. The van der Waals surface area contributed by atoms with Crippen molar-refractivity contribution >= 4 is 5.91 Å². The molecule has 0 fully saturated rings. The maximum atomic E-state index is 13.3. The molecule has 22 heavy (non-hydrogen) atoms. The van der Waals surface area contributed by atoms with Crippen molar-refractivity contribution in [1.82, 2.24) is 10.8 Å². The molecular weight excluding hydrogens is 285 g/mol. The number of halogens is 1. The highest BCUT2D eigenvalue weighted by molar-refractivity contribution is 5.96. The summed E-state index contributed by atoms with van der Waals surface area (Å²) in [6.45, 7) is 2.02. The number of rotatable bonds is 6. The molecule has 0 saturated carbocycles. The van der Waals surface area contributed by atoms with Gasteiger partial charge >= 0.3 is 0 Å². The van der Waals surface area contributed by atoms with Crippen LogP contribution in [-0.4, -0.2) is 23.3 Å². The molecule has 0 spiro atoms. The molecule has 3 atom stereocenters. The zero-order chi connectivity index (χ0) is 16.1. The van der Waals surface area contributed by atoms with Gasteiger partial charge in [-0.3, -0.25) is 4.79 Å². The molecule has 0 aliphatic carbocycles. The van der Waals surface area contributed by atoms with Gasteiger partial charge in [0.25, 0.3) is 5.91 Å².